The van der Waals surface area contributed by atoms with Gasteiger partial charge in [0.15, 0.2) is 0 Å². The fourth-order valence-corrected chi connectivity index (χ4v) is 3.73. The number of nitrogens with zero attached hydrogens (tertiary/aromatic N) is 4. The van der Waals surface area contributed by atoms with Gasteiger partial charge in [0.1, 0.15) is 12.4 Å². The van der Waals surface area contributed by atoms with E-state index < -0.39 is 0 Å². The molecule has 0 saturated carbocycles. The number of aryl methyl sites for hydroxylation is 1. The average molecular weight is 421 g/mol. The number of anilines is 1. The van der Waals surface area contributed by atoms with Gasteiger partial charge < -0.3 is 10.2 Å². The largest absolute Gasteiger partial charge is 0.341 e. The van der Waals surface area contributed by atoms with Crippen molar-refractivity contribution in [3.05, 3.63) is 77.6 Å². The molecular weight excluding hydrogens is 397 g/mol. The number of aromatic nitrogens is 3. The maximum atomic E-state index is 13.0. The number of hydrogen-bond donors (Lipinski definition) is 1. The van der Waals surface area contributed by atoms with E-state index in [9.17, 15) is 14.0 Å². The predicted molar refractivity (Wildman–Crippen MR) is 114 cm³/mol. The van der Waals surface area contributed by atoms with E-state index in [2.05, 4.69) is 15.4 Å². The van der Waals surface area contributed by atoms with Crippen LogP contribution in [0.3, 0.4) is 0 Å². The lowest BCUT2D eigenvalue weighted by molar-refractivity contribution is -0.133. The van der Waals surface area contributed by atoms with E-state index in [1.165, 1.54) is 24.3 Å². The topological polar surface area (TPSA) is 80.1 Å². The van der Waals surface area contributed by atoms with Crippen LogP contribution in [-0.4, -0.2) is 44.6 Å². The van der Waals surface area contributed by atoms with E-state index in [1.807, 2.05) is 24.1 Å². The number of piperidine rings is 1. The number of benzene rings is 1. The van der Waals surface area contributed by atoms with Crippen LogP contribution in [-0.2, 0) is 11.3 Å². The van der Waals surface area contributed by atoms with E-state index in [1.54, 1.807) is 23.1 Å². The number of likely N-dealkylation sites (tertiary alicyclic amines) is 1. The van der Waals surface area contributed by atoms with Gasteiger partial charge in [-0.1, -0.05) is 0 Å². The summed E-state index contributed by atoms with van der Waals surface area (Å²) in [5.74, 6) is -0.319. The molecule has 3 heterocycles. The molecular formula is C23H24FN5O2. The van der Waals surface area contributed by atoms with E-state index in [0.29, 0.717) is 24.3 Å². The molecule has 1 aromatic carbocycles. The number of nitrogens with one attached hydrogen (secondary N) is 1. The molecule has 8 heteroatoms. The summed E-state index contributed by atoms with van der Waals surface area (Å²) in [5.41, 5.74) is 2.92. The van der Waals surface area contributed by atoms with Crippen LogP contribution in [0.4, 0.5) is 10.1 Å². The molecule has 0 radical (unpaired) electrons. The van der Waals surface area contributed by atoms with Gasteiger partial charge in [0.2, 0.25) is 5.91 Å². The fraction of sp³-hybridized carbons (Fsp3) is 0.304. The molecule has 31 heavy (non-hydrogen) atoms. The van der Waals surface area contributed by atoms with Gasteiger partial charge in [-0.2, -0.15) is 5.10 Å². The highest BCUT2D eigenvalue weighted by molar-refractivity contribution is 6.04. The first-order valence-electron chi connectivity index (χ1n) is 10.3. The minimum atomic E-state index is -0.353. The van der Waals surface area contributed by atoms with Gasteiger partial charge in [0, 0.05) is 42.8 Å². The summed E-state index contributed by atoms with van der Waals surface area (Å²) in [6.45, 7) is 3.56. The van der Waals surface area contributed by atoms with Gasteiger partial charge >= 0.3 is 0 Å². The summed E-state index contributed by atoms with van der Waals surface area (Å²) in [4.78, 5) is 31.2. The zero-order valence-corrected chi connectivity index (χ0v) is 17.3. The second-order valence-electron chi connectivity index (χ2n) is 7.80. The van der Waals surface area contributed by atoms with Crippen LogP contribution < -0.4 is 5.32 Å². The first-order valence-corrected chi connectivity index (χ1v) is 10.3. The van der Waals surface area contributed by atoms with Crippen LogP contribution >= 0.6 is 0 Å². The normalized spacial score (nSPS) is 14.5. The number of hydrogen-bond acceptors (Lipinski definition) is 4. The van der Waals surface area contributed by atoms with Crippen LogP contribution in [0.25, 0.3) is 0 Å². The Labute approximate surface area is 179 Å². The summed E-state index contributed by atoms with van der Waals surface area (Å²) in [7, 11) is 0. The molecule has 1 fully saturated rings. The molecule has 1 saturated heterocycles. The maximum Gasteiger partial charge on any atom is 0.257 e. The molecule has 0 atom stereocenters. The predicted octanol–water partition coefficient (Wildman–Crippen LogP) is 3.38. The van der Waals surface area contributed by atoms with Crippen LogP contribution in [0.2, 0.25) is 0 Å². The Kier molecular flexibility index (Phi) is 6.06. The first-order chi connectivity index (χ1) is 15.0. The number of halogens is 1. The number of pyridine rings is 1. The molecule has 7 nitrogen and oxygen atoms in total. The average Bonchev–Trinajstić information content (AvgIpc) is 3.20. The minimum Gasteiger partial charge on any atom is -0.341 e. The summed E-state index contributed by atoms with van der Waals surface area (Å²) < 4.78 is 14.7. The van der Waals surface area contributed by atoms with Crippen molar-refractivity contribution >= 4 is 17.5 Å². The van der Waals surface area contributed by atoms with Crippen molar-refractivity contribution in [1.29, 1.82) is 0 Å². The third-order valence-electron chi connectivity index (χ3n) is 5.48. The molecule has 4 rings (SSSR count). The van der Waals surface area contributed by atoms with Crippen LogP contribution in [0.15, 0.2) is 55.0 Å². The van der Waals surface area contributed by atoms with Crippen molar-refractivity contribution in [2.24, 2.45) is 0 Å². The maximum absolute atomic E-state index is 13.0. The fourth-order valence-electron chi connectivity index (χ4n) is 3.73. The van der Waals surface area contributed by atoms with E-state index in [-0.39, 0.29) is 30.1 Å². The van der Waals surface area contributed by atoms with E-state index >= 15 is 0 Å². The number of rotatable bonds is 5. The Morgan fingerprint density at radius 2 is 1.84 bits per heavy atom. The molecule has 160 valence electrons. The molecule has 2 amide bonds. The van der Waals surface area contributed by atoms with E-state index in [0.717, 1.165) is 24.1 Å². The van der Waals surface area contributed by atoms with Crippen molar-refractivity contribution in [3.8, 4) is 0 Å². The molecule has 2 aromatic heterocycles. The Hall–Kier alpha value is -3.55. The highest BCUT2D eigenvalue weighted by atomic mass is 19.1. The quantitative estimate of drug-likeness (QED) is 0.685. The standard InChI is InChI=1S/C23H24FN5O2/c1-16-12-26-29(14-16)15-22(30)28-10-8-17(9-11-28)21-7-2-18(13-25-21)23(31)27-20-5-3-19(24)4-6-20/h2-7,12-14,17H,8-11,15H2,1H3,(H,27,31). The second-order valence-corrected chi connectivity index (χ2v) is 7.80. The molecule has 1 aliphatic heterocycles. The number of carbonyl (C=O) groups excluding carboxylic acids is 2. The summed E-state index contributed by atoms with van der Waals surface area (Å²) in [6, 6.07) is 9.23. The second kappa shape index (κ2) is 9.07. The van der Waals surface area contributed by atoms with Crippen molar-refractivity contribution in [3.63, 3.8) is 0 Å². The van der Waals surface area contributed by atoms with Gasteiger partial charge in [0.25, 0.3) is 5.91 Å². The third-order valence-corrected chi connectivity index (χ3v) is 5.48. The summed E-state index contributed by atoms with van der Waals surface area (Å²) >= 11 is 0. The molecule has 1 aliphatic rings. The summed E-state index contributed by atoms with van der Waals surface area (Å²) in [6.07, 6.45) is 6.83. The van der Waals surface area contributed by atoms with Crippen molar-refractivity contribution in [2.45, 2.75) is 32.2 Å². The zero-order valence-electron chi connectivity index (χ0n) is 17.3. The third kappa shape index (κ3) is 5.14. The number of carbonyl (C=O) groups is 2. The van der Waals surface area contributed by atoms with Gasteiger partial charge in [-0.05, 0) is 61.7 Å². The lowest BCUT2D eigenvalue weighted by Gasteiger charge is -2.31. The SMILES string of the molecule is Cc1cnn(CC(=O)N2CCC(c3ccc(C(=O)Nc4ccc(F)cc4)cn3)CC2)c1. The molecule has 1 N–H and O–H groups in total. The monoisotopic (exact) mass is 421 g/mol. The first kappa shape index (κ1) is 20.7. The molecule has 0 bridgehead atoms. The van der Waals surface area contributed by atoms with Gasteiger partial charge in [-0.3, -0.25) is 19.3 Å². The molecule has 0 spiro atoms. The van der Waals surface area contributed by atoms with Gasteiger partial charge in [0.05, 0.1) is 11.8 Å². The van der Waals surface area contributed by atoms with Crippen molar-refractivity contribution in [1.82, 2.24) is 19.7 Å². The highest BCUT2D eigenvalue weighted by Crippen LogP contribution is 2.27. The van der Waals surface area contributed by atoms with Gasteiger partial charge in [-0.15, -0.1) is 0 Å². The molecule has 0 unspecified atom stereocenters. The lowest BCUT2D eigenvalue weighted by Crippen LogP contribution is -2.40. The van der Waals surface area contributed by atoms with Crippen LogP contribution in [0.5, 0.6) is 0 Å². The Morgan fingerprint density at radius 1 is 1.10 bits per heavy atom. The van der Waals surface area contributed by atoms with Crippen LogP contribution in [0.1, 0.15) is 40.4 Å². The Bertz CT molecular complexity index is 1050. The van der Waals surface area contributed by atoms with Gasteiger partial charge in [-0.25, -0.2) is 4.39 Å². The van der Waals surface area contributed by atoms with Crippen LogP contribution in [0, 0.1) is 12.7 Å². The zero-order chi connectivity index (χ0) is 21.8. The summed E-state index contributed by atoms with van der Waals surface area (Å²) in [5, 5.41) is 6.90. The van der Waals surface area contributed by atoms with Crippen molar-refractivity contribution in [2.75, 3.05) is 18.4 Å². The molecule has 0 aliphatic carbocycles. The van der Waals surface area contributed by atoms with E-state index in [4.69, 9.17) is 0 Å². The lowest BCUT2D eigenvalue weighted by atomic mass is 9.92. The minimum absolute atomic E-state index is 0.0716. The van der Waals surface area contributed by atoms with Crippen molar-refractivity contribution < 1.29 is 14.0 Å². The Balaban J connectivity index is 1.30. The number of amides is 2. The Morgan fingerprint density at radius 3 is 2.45 bits per heavy atom. The highest BCUT2D eigenvalue weighted by Gasteiger charge is 2.25. The molecule has 3 aromatic rings. The smallest absolute Gasteiger partial charge is 0.257 e.